The van der Waals surface area contributed by atoms with Crippen molar-refractivity contribution in [1.29, 1.82) is 0 Å². The molecule has 3 aliphatic heterocycles. The molecule has 2 N–H and O–H groups in total. The second kappa shape index (κ2) is 12.7. The second-order valence-electron chi connectivity index (χ2n) is 9.70. The van der Waals surface area contributed by atoms with Gasteiger partial charge in [-0.2, -0.15) is 0 Å². The number of unbranched alkanes of at least 4 members (excludes halogenated alkanes) is 6. The lowest BCUT2D eigenvalue weighted by molar-refractivity contribution is -0.117. The van der Waals surface area contributed by atoms with E-state index in [1.807, 2.05) is 32.9 Å². The molecule has 8 nitrogen and oxygen atoms in total. The number of rotatable bonds is 13. The number of hydrogen-bond donors (Lipinski definition) is 2. The Morgan fingerprint density at radius 3 is 2.00 bits per heavy atom. The van der Waals surface area contributed by atoms with Crippen molar-refractivity contribution < 1.29 is 23.9 Å². The minimum atomic E-state index is -2.32. The molecule has 0 bridgehead atoms. The zero-order valence-corrected chi connectivity index (χ0v) is 22.1. The van der Waals surface area contributed by atoms with E-state index in [-0.39, 0.29) is 11.6 Å². The molecule has 3 fully saturated rings. The number of para-hydroxylation sites is 1. The summed E-state index contributed by atoms with van der Waals surface area (Å²) in [7, 11) is -2.32. The van der Waals surface area contributed by atoms with Crippen LogP contribution in [0.15, 0.2) is 47.4 Å². The summed E-state index contributed by atoms with van der Waals surface area (Å²) in [5, 5.41) is 0. The molecule has 1 aliphatic carbocycles. The number of nitrogens with zero attached hydrogens (tertiary/aromatic N) is 3. The zero-order valence-electron chi connectivity index (χ0n) is 21.2. The molecule has 0 aromatic heterocycles. The maximum Gasteiger partial charge on any atom is 0.391 e. The smallest absolute Gasteiger partial charge is 0.391 e. The molecule has 0 atom stereocenters. The van der Waals surface area contributed by atoms with E-state index in [9.17, 15) is 9.59 Å². The number of allylic oxidation sites excluding steroid dienone is 1. The number of hydrogen-bond acceptors (Lipinski definition) is 8. The highest BCUT2D eigenvalue weighted by atomic mass is 31.2. The third-order valence-corrected chi connectivity index (χ3v) is 7.05. The van der Waals surface area contributed by atoms with Crippen LogP contribution in [-0.2, 0) is 16.0 Å². The van der Waals surface area contributed by atoms with Gasteiger partial charge in [-0.3, -0.25) is 9.59 Å². The Balaban J connectivity index is 0.000000169. The third kappa shape index (κ3) is 7.55. The first-order chi connectivity index (χ1) is 17.5. The summed E-state index contributed by atoms with van der Waals surface area (Å²) < 4.78 is 5.03. The van der Waals surface area contributed by atoms with Gasteiger partial charge in [-0.15, -0.1) is 0 Å². The van der Waals surface area contributed by atoms with Gasteiger partial charge >= 0.3 is 8.60 Å². The van der Waals surface area contributed by atoms with Crippen LogP contribution >= 0.6 is 8.60 Å². The van der Waals surface area contributed by atoms with E-state index in [1.165, 1.54) is 44.6 Å². The van der Waals surface area contributed by atoms with Gasteiger partial charge in [0.1, 0.15) is 17.1 Å². The number of benzene rings is 1. The van der Waals surface area contributed by atoms with Crippen LogP contribution in [0, 0.1) is 0 Å². The molecule has 3 saturated heterocycles. The third-order valence-electron chi connectivity index (χ3n) is 6.69. The van der Waals surface area contributed by atoms with Gasteiger partial charge in [0.05, 0.1) is 5.70 Å². The maximum absolute atomic E-state index is 12.4. The van der Waals surface area contributed by atoms with E-state index in [0.29, 0.717) is 22.8 Å². The van der Waals surface area contributed by atoms with Gasteiger partial charge in [0.2, 0.25) is 11.6 Å². The Hall–Kier alpha value is -2.41. The molecule has 0 spiro atoms. The van der Waals surface area contributed by atoms with Crippen molar-refractivity contribution in [3.8, 4) is 5.75 Å². The van der Waals surface area contributed by atoms with Crippen molar-refractivity contribution in [3.63, 3.8) is 0 Å². The van der Waals surface area contributed by atoms with Gasteiger partial charge in [0.15, 0.2) is 0 Å². The minimum absolute atomic E-state index is 0.00546. The predicted octanol–water partition coefficient (Wildman–Crippen LogP) is 3.75. The fourth-order valence-electron chi connectivity index (χ4n) is 4.44. The van der Waals surface area contributed by atoms with Crippen LogP contribution in [0.3, 0.4) is 0 Å². The Bertz CT molecular complexity index is 997. The Morgan fingerprint density at radius 2 is 1.39 bits per heavy atom. The summed E-state index contributed by atoms with van der Waals surface area (Å²) in [4.78, 5) is 48.3. The van der Waals surface area contributed by atoms with Crippen molar-refractivity contribution in [2.75, 3.05) is 39.3 Å². The maximum atomic E-state index is 12.4. The van der Waals surface area contributed by atoms with E-state index in [2.05, 4.69) is 6.92 Å². The van der Waals surface area contributed by atoms with E-state index < -0.39 is 8.60 Å². The first-order valence-electron chi connectivity index (χ1n) is 13.2. The molecular formula is C27H38N3O5P. The SMILES string of the molecule is CCCCCCCCCc1ccccc1OP(O)O.O=C1C=C(N2CC2)C(=O)C(N2CC2)=C1N1CC1. The number of carbonyl (C=O) groups is 2. The summed E-state index contributed by atoms with van der Waals surface area (Å²) in [5.41, 5.74) is 2.95. The number of aryl methyl sites for hydroxylation is 1. The summed E-state index contributed by atoms with van der Waals surface area (Å²) in [5.74, 6) is 0.650. The molecule has 0 amide bonds. The molecule has 1 aromatic rings. The highest BCUT2D eigenvalue weighted by molar-refractivity contribution is 7.39. The van der Waals surface area contributed by atoms with Crippen LogP contribution in [0.25, 0.3) is 0 Å². The van der Waals surface area contributed by atoms with Gasteiger partial charge in [-0.1, -0.05) is 63.6 Å². The monoisotopic (exact) mass is 515 g/mol. The molecule has 0 unspecified atom stereocenters. The van der Waals surface area contributed by atoms with Gasteiger partial charge in [-0.25, -0.2) is 0 Å². The fraction of sp³-hybridized carbons (Fsp3) is 0.556. The predicted molar refractivity (Wildman–Crippen MR) is 140 cm³/mol. The molecule has 3 heterocycles. The van der Waals surface area contributed by atoms with Crippen LogP contribution in [0.2, 0.25) is 0 Å². The molecule has 196 valence electrons. The van der Waals surface area contributed by atoms with Gasteiger partial charge in [0.25, 0.3) is 0 Å². The summed E-state index contributed by atoms with van der Waals surface area (Å²) in [6, 6.07) is 7.59. The molecule has 1 aromatic carbocycles. The Kier molecular flexibility index (Phi) is 9.41. The second-order valence-corrected chi connectivity index (χ2v) is 10.4. The molecule has 0 radical (unpaired) electrons. The van der Waals surface area contributed by atoms with Crippen molar-refractivity contribution in [2.24, 2.45) is 0 Å². The van der Waals surface area contributed by atoms with Crippen LogP contribution < -0.4 is 4.52 Å². The summed E-state index contributed by atoms with van der Waals surface area (Å²) >= 11 is 0. The fourth-order valence-corrected chi connectivity index (χ4v) is 4.79. The summed E-state index contributed by atoms with van der Waals surface area (Å²) in [6.07, 6.45) is 11.4. The highest BCUT2D eigenvalue weighted by Gasteiger charge is 2.43. The molecule has 5 rings (SSSR count). The van der Waals surface area contributed by atoms with Crippen molar-refractivity contribution in [1.82, 2.24) is 14.7 Å². The molecule has 36 heavy (non-hydrogen) atoms. The number of ketones is 2. The Labute approximate surface area is 215 Å². The lowest BCUT2D eigenvalue weighted by Crippen LogP contribution is -2.29. The quantitative estimate of drug-likeness (QED) is 0.178. The molecule has 4 aliphatic rings. The zero-order chi connectivity index (χ0) is 25.5. The normalized spacial score (nSPS) is 18.3. The topological polar surface area (TPSA) is 92.9 Å². The minimum Gasteiger partial charge on any atom is -0.427 e. The lowest BCUT2D eigenvalue weighted by atomic mass is 10.0. The van der Waals surface area contributed by atoms with E-state index in [0.717, 1.165) is 57.7 Å². The number of Topliss-reactive ketones (excluding diaryl/α,β-unsaturated/α-hetero) is 1. The Morgan fingerprint density at radius 1 is 0.806 bits per heavy atom. The van der Waals surface area contributed by atoms with E-state index in [4.69, 9.17) is 14.3 Å². The number of carbonyl (C=O) groups excluding carboxylic acids is 2. The van der Waals surface area contributed by atoms with Crippen LogP contribution in [0.1, 0.15) is 57.4 Å². The summed E-state index contributed by atoms with van der Waals surface area (Å²) in [6.45, 7) is 7.64. The van der Waals surface area contributed by atoms with E-state index in [1.54, 1.807) is 6.07 Å². The van der Waals surface area contributed by atoms with Crippen LogP contribution in [0.4, 0.5) is 0 Å². The van der Waals surface area contributed by atoms with Crippen molar-refractivity contribution in [2.45, 2.75) is 58.3 Å². The standard InChI is InChI=1S/C15H25O3P.C12H13N3O2/c1-2-3-4-5-6-7-8-11-14-12-9-10-13-15(14)18-19(16)17;16-9-7-8(13-1-2-13)12(17)11(15-5-6-15)10(9)14-3-4-14/h9-10,12-13,16-17H,2-8,11H2,1H3;7H,1-6H2. The van der Waals surface area contributed by atoms with Gasteiger partial charge in [-0.05, 0) is 24.5 Å². The van der Waals surface area contributed by atoms with Crippen LogP contribution in [-0.4, -0.2) is 75.3 Å². The first-order valence-corrected chi connectivity index (χ1v) is 14.4. The lowest BCUT2D eigenvalue weighted by Gasteiger charge is -2.21. The van der Waals surface area contributed by atoms with Crippen LogP contribution in [0.5, 0.6) is 5.75 Å². The molecular weight excluding hydrogens is 477 g/mol. The molecule has 0 saturated carbocycles. The average Bonchev–Trinajstić information content (AvgIpc) is 3.70. The van der Waals surface area contributed by atoms with Crippen molar-refractivity contribution >= 4 is 20.2 Å². The van der Waals surface area contributed by atoms with Gasteiger partial charge in [0, 0.05) is 45.3 Å². The van der Waals surface area contributed by atoms with Crippen molar-refractivity contribution in [3.05, 3.63) is 53.0 Å². The highest BCUT2D eigenvalue weighted by Crippen LogP contribution is 2.34. The largest absolute Gasteiger partial charge is 0.427 e. The molecule has 9 heteroatoms. The van der Waals surface area contributed by atoms with Gasteiger partial charge < -0.3 is 29.0 Å². The van der Waals surface area contributed by atoms with E-state index >= 15 is 0 Å². The first kappa shape index (κ1) is 26.6. The average molecular weight is 516 g/mol.